The summed E-state index contributed by atoms with van der Waals surface area (Å²) >= 11 is 0. The van der Waals surface area contributed by atoms with Crippen molar-refractivity contribution in [3.8, 4) is 0 Å². The van der Waals surface area contributed by atoms with Crippen LogP contribution in [0.25, 0.3) is 10.9 Å². The number of amides is 1. The summed E-state index contributed by atoms with van der Waals surface area (Å²) in [6.07, 6.45) is 3.38. The maximum atomic E-state index is 12.2. The number of anilines is 1. The molecule has 0 aliphatic carbocycles. The molecule has 0 aliphatic heterocycles. The van der Waals surface area contributed by atoms with Gasteiger partial charge in [-0.1, -0.05) is 12.1 Å². The Kier molecular flexibility index (Phi) is 2.90. The van der Waals surface area contributed by atoms with Crippen LogP contribution in [0.2, 0.25) is 0 Å². The van der Waals surface area contributed by atoms with Crippen LogP contribution in [0.3, 0.4) is 0 Å². The van der Waals surface area contributed by atoms with Crippen molar-refractivity contribution in [1.82, 2.24) is 20.3 Å². The molecule has 0 saturated carbocycles. The Morgan fingerprint density at radius 2 is 2.30 bits per heavy atom. The van der Waals surface area contributed by atoms with E-state index >= 15 is 0 Å². The molecule has 3 rings (SSSR count). The second-order valence-electron chi connectivity index (χ2n) is 4.66. The average Bonchev–Trinajstić information content (AvgIpc) is 3.08. The first kappa shape index (κ1) is 12.3. The van der Waals surface area contributed by atoms with Crippen LogP contribution in [-0.4, -0.2) is 20.9 Å². The van der Waals surface area contributed by atoms with E-state index < -0.39 is 0 Å². The van der Waals surface area contributed by atoms with Gasteiger partial charge in [0.15, 0.2) is 0 Å². The van der Waals surface area contributed by atoms with Gasteiger partial charge in [0.1, 0.15) is 11.5 Å². The number of rotatable bonds is 3. The van der Waals surface area contributed by atoms with Gasteiger partial charge in [0.05, 0.1) is 17.2 Å². The van der Waals surface area contributed by atoms with Crippen LogP contribution in [0.15, 0.2) is 36.7 Å². The Morgan fingerprint density at radius 1 is 1.45 bits per heavy atom. The van der Waals surface area contributed by atoms with Crippen LogP contribution >= 0.6 is 0 Å². The summed E-state index contributed by atoms with van der Waals surface area (Å²) in [6.45, 7) is 1.87. The van der Waals surface area contributed by atoms with Gasteiger partial charge < -0.3 is 21.0 Å². The molecular formula is C14H15N5O. The SMILES string of the molecule is CC(NC(=O)c1cc2cccc(N)c2[nH]1)c1ncc[nH]1. The number of aromatic amines is 2. The molecule has 2 aromatic heterocycles. The summed E-state index contributed by atoms with van der Waals surface area (Å²) in [5.74, 6) is 0.526. The quantitative estimate of drug-likeness (QED) is 0.547. The summed E-state index contributed by atoms with van der Waals surface area (Å²) in [6, 6.07) is 7.16. The van der Waals surface area contributed by atoms with E-state index in [-0.39, 0.29) is 11.9 Å². The molecule has 0 radical (unpaired) electrons. The standard InChI is InChI=1S/C14H15N5O/c1-8(13-16-5-6-17-13)18-14(20)11-7-9-3-2-4-10(15)12(9)19-11/h2-8,19H,15H2,1H3,(H,16,17)(H,18,20). The highest BCUT2D eigenvalue weighted by atomic mass is 16.1. The third-order valence-electron chi connectivity index (χ3n) is 3.21. The van der Waals surface area contributed by atoms with Crippen molar-refractivity contribution in [1.29, 1.82) is 0 Å². The van der Waals surface area contributed by atoms with E-state index in [1.165, 1.54) is 0 Å². The lowest BCUT2D eigenvalue weighted by Gasteiger charge is -2.10. The molecule has 20 heavy (non-hydrogen) atoms. The molecule has 5 N–H and O–H groups in total. The number of nitrogen functional groups attached to an aromatic ring is 1. The highest BCUT2D eigenvalue weighted by molar-refractivity contribution is 6.00. The predicted octanol–water partition coefficient (Wildman–Crippen LogP) is 1.96. The Morgan fingerprint density at radius 3 is 3.00 bits per heavy atom. The molecule has 1 aromatic carbocycles. The van der Waals surface area contributed by atoms with Crippen molar-refractivity contribution in [2.75, 3.05) is 5.73 Å². The lowest BCUT2D eigenvalue weighted by molar-refractivity contribution is 0.0934. The third-order valence-corrected chi connectivity index (χ3v) is 3.21. The monoisotopic (exact) mass is 269 g/mol. The van der Waals surface area contributed by atoms with Crippen molar-refractivity contribution < 1.29 is 4.79 Å². The summed E-state index contributed by atoms with van der Waals surface area (Å²) in [4.78, 5) is 22.3. The minimum Gasteiger partial charge on any atom is -0.397 e. The van der Waals surface area contributed by atoms with Gasteiger partial charge in [-0.3, -0.25) is 4.79 Å². The van der Waals surface area contributed by atoms with E-state index in [1.807, 2.05) is 19.1 Å². The van der Waals surface area contributed by atoms with E-state index in [0.717, 1.165) is 10.9 Å². The molecule has 1 atom stereocenters. The van der Waals surface area contributed by atoms with Crippen LogP contribution < -0.4 is 11.1 Å². The lowest BCUT2D eigenvalue weighted by Crippen LogP contribution is -2.27. The van der Waals surface area contributed by atoms with Gasteiger partial charge in [-0.25, -0.2) is 4.98 Å². The number of hydrogen-bond acceptors (Lipinski definition) is 3. The summed E-state index contributed by atoms with van der Waals surface area (Å²) in [7, 11) is 0. The minimum absolute atomic E-state index is 0.190. The van der Waals surface area contributed by atoms with Gasteiger partial charge in [-0.2, -0.15) is 0 Å². The largest absolute Gasteiger partial charge is 0.397 e. The Hall–Kier alpha value is -2.76. The third kappa shape index (κ3) is 2.11. The molecule has 102 valence electrons. The first-order valence-electron chi connectivity index (χ1n) is 6.32. The van der Waals surface area contributed by atoms with E-state index in [4.69, 9.17) is 5.73 Å². The topological polar surface area (TPSA) is 99.6 Å². The molecule has 1 amide bonds. The number of nitrogens with zero attached hydrogens (tertiary/aromatic N) is 1. The fourth-order valence-electron chi connectivity index (χ4n) is 2.16. The molecule has 2 heterocycles. The minimum atomic E-state index is -0.193. The normalized spacial score (nSPS) is 12.4. The molecule has 1 unspecified atom stereocenters. The lowest BCUT2D eigenvalue weighted by atomic mass is 10.2. The zero-order valence-corrected chi connectivity index (χ0v) is 11.0. The highest BCUT2D eigenvalue weighted by Gasteiger charge is 2.15. The fourth-order valence-corrected chi connectivity index (χ4v) is 2.16. The molecule has 6 nitrogen and oxygen atoms in total. The first-order chi connectivity index (χ1) is 9.65. The number of H-pyrrole nitrogens is 2. The van der Waals surface area contributed by atoms with E-state index in [1.54, 1.807) is 24.5 Å². The second kappa shape index (κ2) is 4.73. The van der Waals surface area contributed by atoms with Gasteiger partial charge in [0.25, 0.3) is 5.91 Å². The van der Waals surface area contributed by atoms with E-state index in [2.05, 4.69) is 20.3 Å². The van der Waals surface area contributed by atoms with Crippen molar-refractivity contribution in [3.63, 3.8) is 0 Å². The summed E-state index contributed by atoms with van der Waals surface area (Å²) < 4.78 is 0. The zero-order valence-electron chi connectivity index (χ0n) is 11.0. The number of carbonyl (C=O) groups is 1. The van der Waals surface area contributed by atoms with Gasteiger partial charge in [-0.15, -0.1) is 0 Å². The predicted molar refractivity (Wildman–Crippen MR) is 77.2 cm³/mol. The van der Waals surface area contributed by atoms with E-state index in [9.17, 15) is 4.79 Å². The van der Waals surface area contributed by atoms with Crippen LogP contribution in [0.1, 0.15) is 29.3 Å². The number of aromatic nitrogens is 3. The maximum Gasteiger partial charge on any atom is 0.268 e. The van der Waals surface area contributed by atoms with Gasteiger partial charge in [0.2, 0.25) is 0 Å². The number of carbonyl (C=O) groups excluding carboxylic acids is 1. The average molecular weight is 269 g/mol. The summed E-state index contributed by atoms with van der Waals surface area (Å²) in [5, 5.41) is 3.79. The van der Waals surface area contributed by atoms with Gasteiger partial charge >= 0.3 is 0 Å². The van der Waals surface area contributed by atoms with Crippen LogP contribution in [0, 0.1) is 0 Å². The van der Waals surface area contributed by atoms with Crippen molar-refractivity contribution in [2.45, 2.75) is 13.0 Å². The van der Waals surface area contributed by atoms with Crippen LogP contribution in [0.4, 0.5) is 5.69 Å². The van der Waals surface area contributed by atoms with Crippen molar-refractivity contribution >= 4 is 22.5 Å². The maximum absolute atomic E-state index is 12.2. The van der Waals surface area contributed by atoms with Crippen LogP contribution in [-0.2, 0) is 0 Å². The summed E-state index contributed by atoms with van der Waals surface area (Å²) in [5.41, 5.74) is 7.76. The Labute approximate surface area is 115 Å². The molecule has 0 spiro atoms. The van der Waals surface area contributed by atoms with Crippen molar-refractivity contribution in [3.05, 3.63) is 48.2 Å². The van der Waals surface area contributed by atoms with Gasteiger partial charge in [-0.05, 0) is 19.1 Å². The zero-order chi connectivity index (χ0) is 14.1. The van der Waals surface area contributed by atoms with Crippen LogP contribution in [0.5, 0.6) is 0 Å². The molecular weight excluding hydrogens is 254 g/mol. The molecule has 3 aromatic rings. The number of fused-ring (bicyclic) bond motifs is 1. The van der Waals surface area contributed by atoms with Gasteiger partial charge in [0, 0.05) is 17.8 Å². The molecule has 0 aliphatic rings. The number of hydrogen-bond donors (Lipinski definition) is 4. The number of imidazole rings is 1. The smallest absolute Gasteiger partial charge is 0.268 e. The number of nitrogens with two attached hydrogens (primary N) is 1. The van der Waals surface area contributed by atoms with E-state index in [0.29, 0.717) is 17.2 Å². The number of benzene rings is 1. The number of nitrogens with one attached hydrogen (secondary N) is 3. The molecule has 6 heteroatoms. The highest BCUT2D eigenvalue weighted by Crippen LogP contribution is 2.21. The van der Waals surface area contributed by atoms with Crippen molar-refractivity contribution in [2.24, 2.45) is 0 Å². The second-order valence-corrected chi connectivity index (χ2v) is 4.66. The fraction of sp³-hybridized carbons (Fsp3) is 0.143. The molecule has 0 bridgehead atoms. The molecule has 0 saturated heterocycles. The molecule has 0 fully saturated rings. The number of para-hydroxylation sites is 1. The Bertz CT molecular complexity index is 744. The first-order valence-corrected chi connectivity index (χ1v) is 6.32. The Balaban J connectivity index is 1.84.